The fourth-order valence-electron chi connectivity index (χ4n) is 1.66. The monoisotopic (exact) mass is 252 g/mol. The molecule has 1 heterocycles. The predicted molar refractivity (Wildman–Crippen MR) is 66.9 cm³/mol. The fourth-order valence-corrected chi connectivity index (χ4v) is 1.66. The van der Waals surface area contributed by atoms with Gasteiger partial charge in [-0.2, -0.15) is 0 Å². The second-order valence-electron chi connectivity index (χ2n) is 3.83. The Kier molecular flexibility index (Phi) is 4.01. The third-order valence-electron chi connectivity index (χ3n) is 2.61. The summed E-state index contributed by atoms with van der Waals surface area (Å²) in [6.07, 6.45) is -0.313. The number of carbonyl (C=O) groups excluding carboxylic acids is 1. The van der Waals surface area contributed by atoms with Gasteiger partial charge in [0.15, 0.2) is 12.9 Å². The van der Waals surface area contributed by atoms with E-state index in [1.807, 2.05) is 18.2 Å². The van der Waals surface area contributed by atoms with Crippen molar-refractivity contribution in [2.45, 2.75) is 6.29 Å². The molecule has 0 fully saturated rings. The van der Waals surface area contributed by atoms with E-state index in [-0.39, 0.29) is 18.8 Å². The van der Waals surface area contributed by atoms with Crippen LogP contribution in [0.2, 0.25) is 0 Å². The van der Waals surface area contributed by atoms with Gasteiger partial charge in [-0.3, -0.25) is 4.79 Å². The Hall–Kier alpha value is -1.79. The van der Waals surface area contributed by atoms with E-state index >= 15 is 0 Å². The highest BCUT2D eigenvalue weighted by Crippen LogP contribution is 2.30. The molecule has 1 amide bonds. The van der Waals surface area contributed by atoms with Crippen LogP contribution in [0.15, 0.2) is 18.2 Å². The van der Waals surface area contributed by atoms with Gasteiger partial charge >= 0.3 is 0 Å². The molecule has 98 valence electrons. The number of methoxy groups -OCH3 is 2. The van der Waals surface area contributed by atoms with Crippen LogP contribution in [0.25, 0.3) is 0 Å². The average molecular weight is 252 g/mol. The molecule has 0 saturated carbocycles. The first-order valence-electron chi connectivity index (χ1n) is 5.59. The third-order valence-corrected chi connectivity index (χ3v) is 2.61. The van der Waals surface area contributed by atoms with Crippen LogP contribution in [-0.2, 0) is 14.3 Å². The maximum atomic E-state index is 11.2. The zero-order valence-corrected chi connectivity index (χ0v) is 10.4. The second kappa shape index (κ2) is 5.70. The zero-order chi connectivity index (χ0) is 13.0. The summed E-state index contributed by atoms with van der Waals surface area (Å²) in [6.45, 7) is 0.579. The summed E-state index contributed by atoms with van der Waals surface area (Å²) >= 11 is 0. The molecular formula is C12H16N2O4. The van der Waals surface area contributed by atoms with Crippen molar-refractivity contribution in [3.63, 3.8) is 0 Å². The maximum Gasteiger partial charge on any atom is 0.262 e. The van der Waals surface area contributed by atoms with Gasteiger partial charge in [0.2, 0.25) is 0 Å². The molecule has 6 nitrogen and oxygen atoms in total. The molecule has 0 aliphatic carbocycles. The molecular weight excluding hydrogens is 236 g/mol. The SMILES string of the molecule is COC(CNc1ccc2c(c1)NC(=O)CO2)OC. The number of amides is 1. The Labute approximate surface area is 105 Å². The highest BCUT2D eigenvalue weighted by molar-refractivity contribution is 5.95. The maximum absolute atomic E-state index is 11.2. The lowest BCUT2D eigenvalue weighted by Crippen LogP contribution is -2.26. The number of hydrogen-bond donors (Lipinski definition) is 2. The molecule has 0 aromatic heterocycles. The zero-order valence-electron chi connectivity index (χ0n) is 10.4. The van der Waals surface area contributed by atoms with Crippen molar-refractivity contribution < 1.29 is 19.0 Å². The lowest BCUT2D eigenvalue weighted by atomic mass is 10.2. The largest absolute Gasteiger partial charge is 0.482 e. The van der Waals surface area contributed by atoms with Gasteiger partial charge in [0, 0.05) is 19.9 Å². The van der Waals surface area contributed by atoms with Gasteiger partial charge in [-0.15, -0.1) is 0 Å². The summed E-state index contributed by atoms with van der Waals surface area (Å²) in [6, 6.07) is 5.50. The van der Waals surface area contributed by atoms with Crippen LogP contribution in [0.1, 0.15) is 0 Å². The van der Waals surface area contributed by atoms with Crippen molar-refractivity contribution in [2.24, 2.45) is 0 Å². The van der Waals surface area contributed by atoms with E-state index in [4.69, 9.17) is 14.2 Å². The summed E-state index contributed by atoms with van der Waals surface area (Å²) in [4.78, 5) is 11.2. The summed E-state index contributed by atoms with van der Waals surface area (Å²) in [5, 5.41) is 5.90. The van der Waals surface area contributed by atoms with Gasteiger partial charge in [0.1, 0.15) is 5.75 Å². The van der Waals surface area contributed by atoms with Crippen LogP contribution in [0.3, 0.4) is 0 Å². The average Bonchev–Trinajstić information content (AvgIpc) is 2.39. The number of hydrogen-bond acceptors (Lipinski definition) is 5. The lowest BCUT2D eigenvalue weighted by Gasteiger charge is -2.20. The quantitative estimate of drug-likeness (QED) is 0.767. The summed E-state index contributed by atoms with van der Waals surface area (Å²) in [5.41, 5.74) is 1.53. The van der Waals surface area contributed by atoms with Gasteiger partial charge in [0.25, 0.3) is 5.91 Å². The number of rotatable bonds is 5. The van der Waals surface area contributed by atoms with Gasteiger partial charge in [0.05, 0.1) is 12.2 Å². The van der Waals surface area contributed by atoms with E-state index in [1.165, 1.54) is 0 Å². The van der Waals surface area contributed by atoms with E-state index in [9.17, 15) is 4.79 Å². The van der Waals surface area contributed by atoms with E-state index < -0.39 is 0 Å². The molecule has 6 heteroatoms. The van der Waals surface area contributed by atoms with Gasteiger partial charge < -0.3 is 24.8 Å². The minimum atomic E-state index is -0.313. The van der Waals surface area contributed by atoms with Crippen LogP contribution >= 0.6 is 0 Å². The highest BCUT2D eigenvalue weighted by Gasteiger charge is 2.16. The Bertz CT molecular complexity index is 432. The van der Waals surface area contributed by atoms with Crippen LogP contribution in [0.5, 0.6) is 5.75 Å². The van der Waals surface area contributed by atoms with Crippen molar-refractivity contribution in [3.8, 4) is 5.75 Å². The van der Waals surface area contributed by atoms with E-state index in [0.717, 1.165) is 5.69 Å². The minimum absolute atomic E-state index is 0.0647. The van der Waals surface area contributed by atoms with Crippen molar-refractivity contribution in [2.75, 3.05) is 38.0 Å². The Morgan fingerprint density at radius 3 is 2.94 bits per heavy atom. The Balaban J connectivity index is 2.02. The normalized spacial score (nSPS) is 13.8. The number of fused-ring (bicyclic) bond motifs is 1. The first-order valence-corrected chi connectivity index (χ1v) is 5.59. The first kappa shape index (κ1) is 12.7. The fraction of sp³-hybridized carbons (Fsp3) is 0.417. The van der Waals surface area contributed by atoms with E-state index in [1.54, 1.807) is 14.2 Å². The topological polar surface area (TPSA) is 68.8 Å². The van der Waals surface area contributed by atoms with Gasteiger partial charge in [-0.05, 0) is 18.2 Å². The number of anilines is 2. The molecule has 0 bridgehead atoms. The lowest BCUT2D eigenvalue weighted by molar-refractivity contribution is -0.118. The molecule has 18 heavy (non-hydrogen) atoms. The molecule has 2 N–H and O–H groups in total. The van der Waals surface area contributed by atoms with Crippen LogP contribution in [0.4, 0.5) is 11.4 Å². The smallest absolute Gasteiger partial charge is 0.262 e. The van der Waals surface area contributed by atoms with Crippen molar-refractivity contribution in [3.05, 3.63) is 18.2 Å². The Morgan fingerprint density at radius 1 is 1.44 bits per heavy atom. The molecule has 0 atom stereocenters. The molecule has 0 unspecified atom stereocenters. The molecule has 0 spiro atoms. The standard InChI is InChI=1S/C12H16N2O4/c1-16-12(17-2)6-13-8-3-4-10-9(5-8)14-11(15)7-18-10/h3-5,12-13H,6-7H2,1-2H3,(H,14,15). The number of benzene rings is 1. The number of ether oxygens (including phenoxy) is 3. The van der Waals surface area contributed by atoms with Crippen molar-refractivity contribution in [1.29, 1.82) is 0 Å². The summed E-state index contributed by atoms with van der Waals surface area (Å²) in [7, 11) is 3.16. The molecule has 1 aliphatic heterocycles. The molecule has 1 aromatic rings. The molecule has 1 aromatic carbocycles. The predicted octanol–water partition coefficient (Wildman–Crippen LogP) is 1.05. The second-order valence-corrected chi connectivity index (χ2v) is 3.83. The van der Waals surface area contributed by atoms with Crippen LogP contribution in [-0.4, -0.2) is 39.6 Å². The summed E-state index contributed by atoms with van der Waals surface area (Å²) in [5.74, 6) is 0.529. The Morgan fingerprint density at radius 2 is 2.22 bits per heavy atom. The van der Waals surface area contributed by atoms with Crippen LogP contribution < -0.4 is 15.4 Å². The third kappa shape index (κ3) is 2.91. The molecule has 2 rings (SSSR count). The van der Waals surface area contributed by atoms with Crippen molar-refractivity contribution >= 4 is 17.3 Å². The van der Waals surface area contributed by atoms with E-state index in [2.05, 4.69) is 10.6 Å². The minimum Gasteiger partial charge on any atom is -0.482 e. The number of carbonyl (C=O) groups is 1. The number of nitrogens with one attached hydrogen (secondary N) is 2. The molecule has 0 saturated heterocycles. The molecule has 0 radical (unpaired) electrons. The first-order chi connectivity index (χ1) is 8.72. The van der Waals surface area contributed by atoms with E-state index in [0.29, 0.717) is 18.0 Å². The van der Waals surface area contributed by atoms with Gasteiger partial charge in [-0.1, -0.05) is 0 Å². The van der Waals surface area contributed by atoms with Gasteiger partial charge in [-0.25, -0.2) is 0 Å². The van der Waals surface area contributed by atoms with Crippen molar-refractivity contribution in [1.82, 2.24) is 0 Å². The summed E-state index contributed by atoms with van der Waals surface area (Å²) < 4.78 is 15.4. The van der Waals surface area contributed by atoms with Crippen LogP contribution in [0, 0.1) is 0 Å². The molecule has 1 aliphatic rings. The highest BCUT2D eigenvalue weighted by atomic mass is 16.7.